The Morgan fingerprint density at radius 2 is 2.54 bits per heavy atom. The van der Waals surface area contributed by atoms with Gasteiger partial charge in [-0.3, -0.25) is 4.79 Å². The van der Waals surface area contributed by atoms with Crippen molar-refractivity contribution in [1.82, 2.24) is 0 Å². The molecule has 0 aliphatic carbocycles. The van der Waals surface area contributed by atoms with Gasteiger partial charge in [-0.25, -0.2) is 0 Å². The van der Waals surface area contributed by atoms with Gasteiger partial charge in [-0.15, -0.1) is 23.5 Å². The Morgan fingerprint density at radius 3 is 3.08 bits per heavy atom. The fourth-order valence-electron chi connectivity index (χ4n) is 0.835. The lowest BCUT2D eigenvalue weighted by Gasteiger charge is -2.04. The first-order valence-electron chi connectivity index (χ1n) is 3.88. The summed E-state index contributed by atoms with van der Waals surface area (Å²) >= 11 is 10.4. The fraction of sp³-hybridized carbons (Fsp3) is 0.714. The molecular formula is C7H11NOS4. The second-order valence-electron chi connectivity index (χ2n) is 2.59. The van der Waals surface area contributed by atoms with Crippen molar-refractivity contribution in [3.63, 3.8) is 0 Å². The van der Waals surface area contributed by atoms with Crippen LogP contribution in [-0.4, -0.2) is 31.9 Å². The number of primary amides is 1. The molecule has 1 heterocycles. The van der Waals surface area contributed by atoms with Gasteiger partial charge in [0.1, 0.15) is 3.53 Å². The molecule has 6 heteroatoms. The lowest BCUT2D eigenvalue weighted by molar-refractivity contribution is -0.117. The van der Waals surface area contributed by atoms with E-state index in [0.717, 1.165) is 20.8 Å². The van der Waals surface area contributed by atoms with Crippen LogP contribution in [0.25, 0.3) is 0 Å². The van der Waals surface area contributed by atoms with Crippen LogP contribution in [0, 0.1) is 0 Å². The van der Waals surface area contributed by atoms with Gasteiger partial charge in [0.05, 0.1) is 0 Å². The number of nitrogens with two attached hydrogens (primary N) is 1. The Balaban J connectivity index is 2.00. The van der Waals surface area contributed by atoms with Gasteiger partial charge in [-0.05, 0) is 0 Å². The van der Waals surface area contributed by atoms with E-state index in [9.17, 15) is 4.79 Å². The first kappa shape index (κ1) is 11.7. The molecule has 2 nitrogen and oxygen atoms in total. The quantitative estimate of drug-likeness (QED) is 0.597. The maximum atomic E-state index is 10.4. The molecule has 1 fully saturated rings. The van der Waals surface area contributed by atoms with Gasteiger partial charge in [0.2, 0.25) is 5.91 Å². The largest absolute Gasteiger partial charge is 0.370 e. The highest BCUT2D eigenvalue weighted by molar-refractivity contribution is 8.49. The number of hydrogen-bond acceptors (Lipinski definition) is 5. The summed E-state index contributed by atoms with van der Waals surface area (Å²) in [6, 6.07) is 0. The van der Waals surface area contributed by atoms with E-state index in [1.807, 2.05) is 0 Å². The van der Waals surface area contributed by atoms with Crippen LogP contribution in [-0.2, 0) is 4.79 Å². The van der Waals surface area contributed by atoms with Crippen LogP contribution < -0.4 is 5.73 Å². The number of thioether (sulfide) groups is 3. The molecule has 0 spiro atoms. The first-order chi connectivity index (χ1) is 6.18. The third-order valence-electron chi connectivity index (χ3n) is 1.45. The lowest BCUT2D eigenvalue weighted by atomic mass is 10.5. The maximum Gasteiger partial charge on any atom is 0.218 e. The molecule has 0 radical (unpaired) electrons. The van der Waals surface area contributed by atoms with Gasteiger partial charge in [0.25, 0.3) is 0 Å². The van der Waals surface area contributed by atoms with Crippen LogP contribution in [0.4, 0.5) is 0 Å². The van der Waals surface area contributed by atoms with Crippen LogP contribution in [0.1, 0.15) is 6.42 Å². The molecular weight excluding hydrogens is 242 g/mol. The lowest BCUT2D eigenvalue weighted by Crippen LogP contribution is -2.12. The highest BCUT2D eigenvalue weighted by Crippen LogP contribution is 2.34. The molecule has 1 aliphatic heterocycles. The van der Waals surface area contributed by atoms with E-state index in [0.29, 0.717) is 11.7 Å². The summed E-state index contributed by atoms with van der Waals surface area (Å²) in [6.45, 7) is 0. The minimum atomic E-state index is -0.212. The summed E-state index contributed by atoms with van der Waals surface area (Å²) in [5.74, 6) is 2.82. The molecule has 1 unspecified atom stereocenters. The summed E-state index contributed by atoms with van der Waals surface area (Å²) < 4.78 is 1.06. The molecule has 0 saturated carbocycles. The predicted molar refractivity (Wildman–Crippen MR) is 67.6 cm³/mol. The summed E-state index contributed by atoms with van der Waals surface area (Å²) in [4.78, 5) is 10.4. The zero-order valence-corrected chi connectivity index (χ0v) is 10.3. The van der Waals surface area contributed by atoms with Crippen molar-refractivity contribution in [3.8, 4) is 0 Å². The Kier molecular flexibility index (Phi) is 5.54. The molecule has 0 aromatic carbocycles. The van der Waals surface area contributed by atoms with Gasteiger partial charge in [0, 0.05) is 28.9 Å². The van der Waals surface area contributed by atoms with Gasteiger partial charge < -0.3 is 5.73 Å². The number of carbonyl (C=O) groups excluding carboxylic acids is 1. The average Bonchev–Trinajstić information content (AvgIpc) is 2.45. The van der Waals surface area contributed by atoms with Crippen LogP contribution in [0.2, 0.25) is 0 Å². The Bertz CT molecular complexity index is 209. The fourth-order valence-corrected chi connectivity index (χ4v) is 5.12. The highest BCUT2D eigenvalue weighted by Gasteiger charge is 2.20. The number of thiocarbonyl (C=S) groups is 1. The molecule has 0 aromatic heterocycles. The van der Waals surface area contributed by atoms with Crippen molar-refractivity contribution in [2.45, 2.75) is 11.7 Å². The normalized spacial score (nSPS) is 22.2. The van der Waals surface area contributed by atoms with E-state index in [4.69, 9.17) is 18.0 Å². The molecule has 1 aliphatic rings. The van der Waals surface area contributed by atoms with E-state index in [1.165, 1.54) is 0 Å². The molecule has 1 atom stereocenters. The zero-order chi connectivity index (χ0) is 9.68. The van der Waals surface area contributed by atoms with Gasteiger partial charge >= 0.3 is 0 Å². The number of amides is 1. The average molecular weight is 253 g/mol. The van der Waals surface area contributed by atoms with E-state index < -0.39 is 0 Å². The number of carbonyl (C=O) groups is 1. The minimum absolute atomic E-state index is 0.212. The predicted octanol–water partition coefficient (Wildman–Crippen LogP) is 1.73. The standard InChI is InChI=1S/C7H11NOS4/c8-6(9)1-2-11-3-5-4-12-7(10)13-5/h5H,1-4H2,(H2,8,9). The molecule has 0 bridgehead atoms. The van der Waals surface area contributed by atoms with Crippen molar-refractivity contribution in [2.75, 3.05) is 17.3 Å². The van der Waals surface area contributed by atoms with E-state index in [-0.39, 0.29) is 5.91 Å². The van der Waals surface area contributed by atoms with Crippen LogP contribution >= 0.6 is 47.5 Å². The molecule has 1 saturated heterocycles. The van der Waals surface area contributed by atoms with Gasteiger partial charge in [-0.2, -0.15) is 11.8 Å². The third kappa shape index (κ3) is 5.15. The molecule has 1 amide bonds. The van der Waals surface area contributed by atoms with Gasteiger partial charge in [-0.1, -0.05) is 12.2 Å². The smallest absolute Gasteiger partial charge is 0.218 e. The summed E-state index contributed by atoms with van der Waals surface area (Å²) in [5.41, 5.74) is 5.03. The second kappa shape index (κ2) is 6.16. The molecule has 1 rings (SSSR count). The monoisotopic (exact) mass is 253 g/mol. The van der Waals surface area contributed by atoms with E-state index in [1.54, 1.807) is 35.3 Å². The van der Waals surface area contributed by atoms with Gasteiger partial charge in [0.15, 0.2) is 0 Å². The number of hydrogen-bond donors (Lipinski definition) is 1. The molecule has 2 N–H and O–H groups in total. The molecule has 74 valence electrons. The Morgan fingerprint density at radius 1 is 1.77 bits per heavy atom. The summed E-state index contributed by atoms with van der Waals surface area (Å²) in [5, 5.41) is 0.635. The Labute approximate surface area is 96.2 Å². The zero-order valence-electron chi connectivity index (χ0n) is 7.02. The van der Waals surface area contributed by atoms with E-state index in [2.05, 4.69) is 0 Å². The highest BCUT2D eigenvalue weighted by atomic mass is 32.2. The first-order valence-corrected chi connectivity index (χ1v) is 7.31. The van der Waals surface area contributed by atoms with Crippen LogP contribution in [0.5, 0.6) is 0 Å². The molecule has 0 aromatic rings. The van der Waals surface area contributed by atoms with Crippen molar-refractivity contribution >= 4 is 56.9 Å². The number of rotatable bonds is 5. The topological polar surface area (TPSA) is 43.1 Å². The minimum Gasteiger partial charge on any atom is -0.370 e. The SMILES string of the molecule is NC(=O)CCSCC1CSC(=S)S1. The van der Waals surface area contributed by atoms with Crippen molar-refractivity contribution in [1.29, 1.82) is 0 Å². The van der Waals surface area contributed by atoms with Crippen LogP contribution in [0.15, 0.2) is 0 Å². The summed E-state index contributed by atoms with van der Waals surface area (Å²) in [6.07, 6.45) is 0.486. The van der Waals surface area contributed by atoms with Crippen molar-refractivity contribution in [2.24, 2.45) is 5.73 Å². The molecule has 13 heavy (non-hydrogen) atoms. The second-order valence-corrected chi connectivity index (χ2v) is 7.27. The third-order valence-corrected chi connectivity index (χ3v) is 5.95. The summed E-state index contributed by atoms with van der Waals surface area (Å²) in [7, 11) is 0. The van der Waals surface area contributed by atoms with Crippen molar-refractivity contribution < 1.29 is 4.79 Å². The maximum absolute atomic E-state index is 10.4. The van der Waals surface area contributed by atoms with Crippen LogP contribution in [0.3, 0.4) is 0 Å². The van der Waals surface area contributed by atoms with E-state index >= 15 is 0 Å². The van der Waals surface area contributed by atoms with Crippen molar-refractivity contribution in [3.05, 3.63) is 0 Å². The Hall–Kier alpha value is 0.610.